The molecular formula is C19H25N3O4S. The number of hydrogen-bond donors (Lipinski definition) is 2. The summed E-state index contributed by atoms with van der Waals surface area (Å²) in [6, 6.07) is 0. The van der Waals surface area contributed by atoms with Crippen molar-refractivity contribution in [3.63, 3.8) is 0 Å². The number of carbonyl (C=O) groups excluding carboxylic acids is 1. The van der Waals surface area contributed by atoms with Crippen molar-refractivity contribution in [2.24, 2.45) is 0 Å². The van der Waals surface area contributed by atoms with Crippen molar-refractivity contribution in [3.8, 4) is 0 Å². The number of nitrogens with zero attached hydrogens (tertiary/aromatic N) is 3. The van der Waals surface area contributed by atoms with Gasteiger partial charge >= 0.3 is 0 Å². The summed E-state index contributed by atoms with van der Waals surface area (Å²) in [6.07, 6.45) is 1.26. The summed E-state index contributed by atoms with van der Waals surface area (Å²) in [5, 5.41) is 25.5. The molecule has 1 amide bonds. The van der Waals surface area contributed by atoms with Gasteiger partial charge in [-0.3, -0.25) is 9.69 Å². The van der Waals surface area contributed by atoms with E-state index in [9.17, 15) is 15.0 Å². The Kier molecular flexibility index (Phi) is 4.84. The minimum Gasteiger partial charge on any atom is -0.393 e. The molecular weight excluding hydrogens is 366 g/mol. The fraction of sp³-hybridized carbons (Fsp3) is 0.579. The Bertz CT molecular complexity index is 842. The summed E-state index contributed by atoms with van der Waals surface area (Å²) in [5.74, 6) is 0.835. The van der Waals surface area contributed by atoms with Crippen molar-refractivity contribution in [1.82, 2.24) is 15.0 Å². The number of thiophene rings is 1. The molecule has 27 heavy (non-hydrogen) atoms. The van der Waals surface area contributed by atoms with Crippen LogP contribution in [0.25, 0.3) is 0 Å². The Labute approximate surface area is 162 Å². The Balaban J connectivity index is 1.47. The first-order chi connectivity index (χ1) is 12.9. The van der Waals surface area contributed by atoms with Crippen LogP contribution in [0.5, 0.6) is 0 Å². The van der Waals surface area contributed by atoms with E-state index in [1.54, 1.807) is 16.2 Å². The second-order valence-electron chi connectivity index (χ2n) is 7.67. The van der Waals surface area contributed by atoms with Crippen molar-refractivity contribution in [2.45, 2.75) is 45.4 Å². The predicted octanol–water partition coefficient (Wildman–Crippen LogP) is 1.48. The lowest BCUT2D eigenvalue weighted by atomic mass is 10.0. The highest BCUT2D eigenvalue weighted by Gasteiger charge is 2.39. The molecule has 0 aliphatic carbocycles. The van der Waals surface area contributed by atoms with Crippen molar-refractivity contribution < 1.29 is 19.5 Å². The lowest BCUT2D eigenvalue weighted by molar-refractivity contribution is -0.00456. The summed E-state index contributed by atoms with van der Waals surface area (Å²) < 4.78 is 5.26. The fourth-order valence-electron chi connectivity index (χ4n) is 3.98. The molecule has 1 atom stereocenters. The number of β-amino-alcohol motifs (C(OH)–C–C–N with tert-alkyl or cyclic N) is 1. The van der Waals surface area contributed by atoms with E-state index >= 15 is 0 Å². The van der Waals surface area contributed by atoms with Crippen molar-refractivity contribution in [2.75, 3.05) is 26.2 Å². The number of likely N-dealkylation sites (tertiary alicyclic amines) is 1. The molecule has 0 bridgehead atoms. The Morgan fingerprint density at radius 2 is 2.22 bits per heavy atom. The molecule has 4 heterocycles. The van der Waals surface area contributed by atoms with Crippen LogP contribution in [0.15, 0.2) is 9.90 Å². The zero-order valence-corrected chi connectivity index (χ0v) is 16.5. The van der Waals surface area contributed by atoms with Crippen molar-refractivity contribution in [1.29, 1.82) is 0 Å². The molecule has 2 aliphatic rings. The minimum absolute atomic E-state index is 0.0314. The molecule has 146 valence electrons. The third kappa shape index (κ3) is 3.42. The molecule has 7 nitrogen and oxygen atoms in total. The Hall–Kier alpha value is -1.74. The van der Waals surface area contributed by atoms with Crippen LogP contribution in [0.4, 0.5) is 0 Å². The first-order valence-corrected chi connectivity index (χ1v) is 10.1. The molecule has 2 aromatic heterocycles. The number of hydrogen-bond acceptors (Lipinski definition) is 7. The van der Waals surface area contributed by atoms with Gasteiger partial charge in [-0.15, -0.1) is 11.3 Å². The van der Waals surface area contributed by atoms with Crippen LogP contribution < -0.4 is 0 Å². The van der Waals surface area contributed by atoms with E-state index in [0.29, 0.717) is 13.0 Å². The number of aryl methyl sites for hydroxylation is 2. The highest BCUT2D eigenvalue weighted by molar-refractivity contribution is 7.10. The maximum absolute atomic E-state index is 12.9. The molecule has 2 N–H and O–H groups in total. The SMILES string of the molecule is Cc1noc(C)c1CN1CCc2c(C(=O)N3CC[C@@](O)(CO)C3)csc2C1. The smallest absolute Gasteiger partial charge is 0.255 e. The van der Waals surface area contributed by atoms with Gasteiger partial charge in [0.25, 0.3) is 5.91 Å². The van der Waals surface area contributed by atoms with Gasteiger partial charge in [0, 0.05) is 42.0 Å². The molecule has 0 unspecified atom stereocenters. The van der Waals surface area contributed by atoms with Crippen LogP contribution in [0.1, 0.15) is 44.2 Å². The average molecular weight is 391 g/mol. The van der Waals surface area contributed by atoms with E-state index in [1.807, 2.05) is 19.2 Å². The monoisotopic (exact) mass is 391 g/mol. The number of amides is 1. The summed E-state index contributed by atoms with van der Waals surface area (Å²) in [7, 11) is 0. The van der Waals surface area contributed by atoms with Crippen molar-refractivity contribution in [3.05, 3.63) is 38.4 Å². The van der Waals surface area contributed by atoms with Crippen LogP contribution in [-0.4, -0.2) is 62.9 Å². The van der Waals surface area contributed by atoms with E-state index in [1.165, 1.54) is 4.88 Å². The van der Waals surface area contributed by atoms with E-state index in [0.717, 1.165) is 54.2 Å². The second kappa shape index (κ2) is 7.01. The summed E-state index contributed by atoms with van der Waals surface area (Å²) in [6.45, 7) is 6.78. The number of aliphatic hydroxyl groups is 2. The third-order valence-electron chi connectivity index (χ3n) is 5.73. The fourth-order valence-corrected chi connectivity index (χ4v) is 5.09. The van der Waals surface area contributed by atoms with Gasteiger partial charge in [0.15, 0.2) is 0 Å². The molecule has 2 aliphatic heterocycles. The third-order valence-corrected chi connectivity index (χ3v) is 6.75. The molecule has 0 saturated carbocycles. The van der Waals surface area contributed by atoms with Crippen LogP contribution >= 0.6 is 11.3 Å². The highest BCUT2D eigenvalue weighted by atomic mass is 32.1. The van der Waals surface area contributed by atoms with Gasteiger partial charge < -0.3 is 19.6 Å². The average Bonchev–Trinajstić information content (AvgIpc) is 3.35. The summed E-state index contributed by atoms with van der Waals surface area (Å²) >= 11 is 1.63. The maximum Gasteiger partial charge on any atom is 0.255 e. The van der Waals surface area contributed by atoms with Gasteiger partial charge in [0.2, 0.25) is 0 Å². The molecule has 0 spiro atoms. The van der Waals surface area contributed by atoms with E-state index in [-0.39, 0.29) is 19.1 Å². The van der Waals surface area contributed by atoms with Crippen molar-refractivity contribution >= 4 is 17.2 Å². The molecule has 8 heteroatoms. The number of aliphatic hydroxyl groups excluding tert-OH is 1. The number of rotatable bonds is 4. The predicted molar refractivity (Wildman–Crippen MR) is 101 cm³/mol. The lowest BCUT2D eigenvalue weighted by Crippen LogP contribution is -2.39. The summed E-state index contributed by atoms with van der Waals surface area (Å²) in [4.78, 5) is 18.2. The van der Waals surface area contributed by atoms with Gasteiger partial charge in [0.1, 0.15) is 11.4 Å². The summed E-state index contributed by atoms with van der Waals surface area (Å²) in [5.41, 5.74) is 2.82. The van der Waals surface area contributed by atoms with Gasteiger partial charge in [-0.25, -0.2) is 0 Å². The molecule has 0 radical (unpaired) electrons. The second-order valence-corrected chi connectivity index (χ2v) is 8.64. The van der Waals surface area contributed by atoms with E-state index in [2.05, 4.69) is 10.1 Å². The quantitative estimate of drug-likeness (QED) is 0.821. The zero-order chi connectivity index (χ0) is 19.2. The number of carbonyl (C=O) groups is 1. The standard InChI is InChI=1S/C19H25N3O4S/c1-12-15(13(2)26-20-12)7-21-5-3-14-16(9-27-17(14)8-21)18(24)22-6-4-19(25,10-22)11-23/h9,23,25H,3-8,10-11H2,1-2H3/t19-/m0/s1. The molecule has 1 saturated heterocycles. The number of aromatic nitrogens is 1. The maximum atomic E-state index is 12.9. The van der Waals surface area contributed by atoms with Crippen LogP contribution in [0.2, 0.25) is 0 Å². The van der Waals surface area contributed by atoms with Crippen LogP contribution in [0.3, 0.4) is 0 Å². The Morgan fingerprint density at radius 3 is 2.89 bits per heavy atom. The molecule has 4 rings (SSSR count). The van der Waals surface area contributed by atoms with Crippen LogP contribution in [0, 0.1) is 13.8 Å². The first-order valence-electron chi connectivity index (χ1n) is 9.26. The minimum atomic E-state index is -1.16. The van der Waals surface area contributed by atoms with E-state index < -0.39 is 5.60 Å². The largest absolute Gasteiger partial charge is 0.393 e. The topological polar surface area (TPSA) is 90.0 Å². The molecule has 2 aromatic rings. The molecule has 1 fully saturated rings. The lowest BCUT2D eigenvalue weighted by Gasteiger charge is -2.27. The Morgan fingerprint density at radius 1 is 1.41 bits per heavy atom. The van der Waals surface area contributed by atoms with Crippen LogP contribution in [-0.2, 0) is 19.5 Å². The van der Waals surface area contributed by atoms with Gasteiger partial charge in [-0.05, 0) is 32.3 Å². The van der Waals surface area contributed by atoms with Gasteiger partial charge in [-0.2, -0.15) is 0 Å². The zero-order valence-electron chi connectivity index (χ0n) is 15.7. The highest BCUT2D eigenvalue weighted by Crippen LogP contribution is 2.32. The van der Waals surface area contributed by atoms with E-state index in [4.69, 9.17) is 4.52 Å². The normalized spacial score (nSPS) is 23.0. The van der Waals surface area contributed by atoms with Gasteiger partial charge in [-0.1, -0.05) is 5.16 Å². The first kappa shape index (κ1) is 18.6. The van der Waals surface area contributed by atoms with Gasteiger partial charge in [0.05, 0.1) is 24.4 Å². The number of fused-ring (bicyclic) bond motifs is 1. The molecule has 0 aromatic carbocycles.